The van der Waals surface area contributed by atoms with Crippen LogP contribution in [0.3, 0.4) is 0 Å². The van der Waals surface area contributed by atoms with Gasteiger partial charge in [-0.05, 0) is 54.3 Å². The van der Waals surface area contributed by atoms with Crippen molar-refractivity contribution >= 4 is 35.0 Å². The number of imide groups is 1. The number of carbonyl (C=O) groups excluding carboxylic acids is 2. The predicted octanol–water partition coefficient (Wildman–Crippen LogP) is 4.30. The second-order valence-electron chi connectivity index (χ2n) is 6.91. The number of thiophene rings is 1. The summed E-state index contributed by atoms with van der Waals surface area (Å²) in [5.74, 6) is -0.285. The van der Waals surface area contributed by atoms with Crippen LogP contribution in [0.25, 0.3) is 17.1 Å². The Balaban J connectivity index is 1.40. The minimum atomic E-state index is -0.534. The molecule has 2 aromatic heterocycles. The maximum absolute atomic E-state index is 13.4. The number of aromatic nitrogens is 3. The zero-order valence-electron chi connectivity index (χ0n) is 17.4. The minimum absolute atomic E-state index is 0.0211. The number of para-hydroxylation sites is 1. The lowest BCUT2D eigenvalue weighted by Gasteiger charge is -2.10. The molecule has 4 rings (SSSR count). The molecule has 0 atom stereocenters. The van der Waals surface area contributed by atoms with E-state index in [0.717, 1.165) is 22.3 Å². The van der Waals surface area contributed by atoms with Gasteiger partial charge in [-0.3, -0.25) is 14.7 Å². The first kappa shape index (κ1) is 22.7. The van der Waals surface area contributed by atoms with E-state index in [2.05, 4.69) is 20.8 Å². The van der Waals surface area contributed by atoms with Crippen LogP contribution >= 0.6 is 23.1 Å². The number of rotatable bonds is 8. The van der Waals surface area contributed by atoms with Crippen molar-refractivity contribution in [3.63, 3.8) is 0 Å². The van der Waals surface area contributed by atoms with Gasteiger partial charge in [0.05, 0.1) is 5.75 Å². The minimum Gasteiger partial charge on any atom is -0.337 e. The first-order valence-corrected chi connectivity index (χ1v) is 12.0. The molecule has 168 valence electrons. The van der Waals surface area contributed by atoms with Gasteiger partial charge in [-0.1, -0.05) is 36.0 Å². The molecular weight excluding hydrogens is 461 g/mol. The Morgan fingerprint density at radius 3 is 2.52 bits per heavy atom. The average molecular weight is 482 g/mol. The van der Waals surface area contributed by atoms with Gasteiger partial charge >= 0.3 is 6.03 Å². The first-order chi connectivity index (χ1) is 16.1. The molecule has 0 saturated carbocycles. The SMILES string of the molecule is O=C(CSc1nnc(-c2ccc(F)cc2)n1-c1ccccc1)NC(=O)NCCc1cccs1. The molecule has 7 nitrogen and oxygen atoms in total. The number of halogens is 1. The molecule has 3 amide bonds. The number of hydrogen-bond donors (Lipinski definition) is 2. The summed E-state index contributed by atoms with van der Waals surface area (Å²) in [5.41, 5.74) is 1.49. The van der Waals surface area contributed by atoms with E-state index in [4.69, 9.17) is 0 Å². The highest BCUT2D eigenvalue weighted by Gasteiger charge is 2.18. The molecule has 0 spiro atoms. The van der Waals surface area contributed by atoms with E-state index in [9.17, 15) is 14.0 Å². The Kier molecular flexibility index (Phi) is 7.48. The normalized spacial score (nSPS) is 10.7. The fraction of sp³-hybridized carbons (Fsp3) is 0.130. The number of hydrogen-bond acceptors (Lipinski definition) is 6. The molecule has 4 aromatic rings. The molecule has 2 aromatic carbocycles. The van der Waals surface area contributed by atoms with Crippen LogP contribution < -0.4 is 10.6 Å². The third-order valence-electron chi connectivity index (χ3n) is 4.57. The lowest BCUT2D eigenvalue weighted by atomic mass is 10.2. The summed E-state index contributed by atoms with van der Waals surface area (Å²) in [4.78, 5) is 25.4. The van der Waals surface area contributed by atoms with E-state index in [1.807, 2.05) is 47.8 Å². The van der Waals surface area contributed by atoms with Crippen molar-refractivity contribution in [2.75, 3.05) is 12.3 Å². The molecule has 10 heteroatoms. The fourth-order valence-electron chi connectivity index (χ4n) is 3.05. The van der Waals surface area contributed by atoms with Crippen molar-refractivity contribution < 1.29 is 14.0 Å². The molecule has 2 heterocycles. The Hall–Kier alpha value is -3.50. The maximum atomic E-state index is 13.4. The van der Waals surface area contributed by atoms with Crippen LogP contribution in [-0.4, -0.2) is 39.0 Å². The lowest BCUT2D eigenvalue weighted by molar-refractivity contribution is -0.117. The van der Waals surface area contributed by atoms with E-state index in [0.29, 0.717) is 29.5 Å². The lowest BCUT2D eigenvalue weighted by Crippen LogP contribution is -2.41. The molecule has 0 aliphatic carbocycles. The molecule has 2 N–H and O–H groups in total. The van der Waals surface area contributed by atoms with Crippen LogP contribution in [0.1, 0.15) is 4.88 Å². The van der Waals surface area contributed by atoms with Crippen LogP contribution in [0.4, 0.5) is 9.18 Å². The second kappa shape index (κ2) is 10.9. The van der Waals surface area contributed by atoms with Gasteiger partial charge in [0.15, 0.2) is 11.0 Å². The Bertz CT molecular complexity index is 1210. The molecule has 0 fully saturated rings. The number of amides is 3. The highest BCUT2D eigenvalue weighted by Crippen LogP contribution is 2.28. The summed E-state index contributed by atoms with van der Waals surface area (Å²) in [6.45, 7) is 0.441. The van der Waals surface area contributed by atoms with Gasteiger partial charge in [-0.2, -0.15) is 0 Å². The number of nitrogens with one attached hydrogen (secondary N) is 2. The molecule has 0 saturated heterocycles. The summed E-state index contributed by atoms with van der Waals surface area (Å²) in [5, 5.41) is 15.9. The van der Waals surface area contributed by atoms with Gasteiger partial charge in [0.2, 0.25) is 5.91 Å². The number of nitrogens with zero attached hydrogens (tertiary/aromatic N) is 3. The van der Waals surface area contributed by atoms with Crippen molar-refractivity contribution in [2.45, 2.75) is 11.6 Å². The summed E-state index contributed by atoms with van der Waals surface area (Å²) in [6.07, 6.45) is 0.709. The fourth-order valence-corrected chi connectivity index (χ4v) is 4.51. The van der Waals surface area contributed by atoms with Gasteiger partial charge in [-0.15, -0.1) is 21.5 Å². The highest BCUT2D eigenvalue weighted by molar-refractivity contribution is 7.99. The Labute approximate surface area is 198 Å². The number of benzene rings is 2. The smallest absolute Gasteiger partial charge is 0.321 e. The van der Waals surface area contributed by atoms with Crippen LogP contribution in [0.5, 0.6) is 0 Å². The van der Waals surface area contributed by atoms with Gasteiger partial charge in [0.1, 0.15) is 5.82 Å². The molecule has 33 heavy (non-hydrogen) atoms. The molecule has 0 bridgehead atoms. The third kappa shape index (κ3) is 6.05. The molecule has 0 aliphatic heterocycles. The van der Waals surface area contributed by atoms with Crippen molar-refractivity contribution in [1.29, 1.82) is 0 Å². The number of thioether (sulfide) groups is 1. The van der Waals surface area contributed by atoms with Crippen molar-refractivity contribution in [1.82, 2.24) is 25.4 Å². The highest BCUT2D eigenvalue weighted by atomic mass is 32.2. The zero-order valence-corrected chi connectivity index (χ0v) is 19.0. The van der Waals surface area contributed by atoms with E-state index >= 15 is 0 Å². The van der Waals surface area contributed by atoms with E-state index in [1.165, 1.54) is 12.1 Å². The van der Waals surface area contributed by atoms with E-state index in [1.54, 1.807) is 28.0 Å². The molecule has 0 radical (unpaired) electrons. The summed E-state index contributed by atoms with van der Waals surface area (Å²) < 4.78 is 15.2. The predicted molar refractivity (Wildman–Crippen MR) is 127 cm³/mol. The topological polar surface area (TPSA) is 88.9 Å². The number of carbonyl (C=O) groups is 2. The summed E-state index contributed by atoms with van der Waals surface area (Å²) in [6, 6.07) is 18.8. The van der Waals surface area contributed by atoms with E-state index < -0.39 is 11.9 Å². The van der Waals surface area contributed by atoms with E-state index in [-0.39, 0.29) is 11.6 Å². The molecule has 0 aliphatic rings. The molecule has 0 unspecified atom stereocenters. The number of urea groups is 1. The van der Waals surface area contributed by atoms with Crippen LogP contribution in [0.2, 0.25) is 0 Å². The largest absolute Gasteiger partial charge is 0.337 e. The van der Waals surface area contributed by atoms with Crippen LogP contribution in [0.15, 0.2) is 77.3 Å². The standard InChI is InChI=1S/C23H20FN5O2S2/c24-17-10-8-16(9-11-17)21-27-28-23(29(21)18-5-2-1-3-6-18)33-15-20(30)26-22(31)25-13-12-19-7-4-14-32-19/h1-11,14H,12-13,15H2,(H2,25,26,30,31). The Morgan fingerprint density at radius 2 is 1.79 bits per heavy atom. The van der Waals surface area contributed by atoms with Gasteiger partial charge in [0.25, 0.3) is 0 Å². The average Bonchev–Trinajstić information content (AvgIpc) is 3.49. The first-order valence-electron chi connectivity index (χ1n) is 10.1. The van der Waals surface area contributed by atoms with Crippen LogP contribution in [-0.2, 0) is 11.2 Å². The quantitative estimate of drug-likeness (QED) is 0.367. The van der Waals surface area contributed by atoms with Crippen molar-refractivity contribution in [2.24, 2.45) is 0 Å². The summed E-state index contributed by atoms with van der Waals surface area (Å²) >= 11 is 2.78. The maximum Gasteiger partial charge on any atom is 0.321 e. The van der Waals surface area contributed by atoms with Crippen molar-refractivity contribution in [3.8, 4) is 17.1 Å². The Morgan fingerprint density at radius 1 is 1.00 bits per heavy atom. The third-order valence-corrected chi connectivity index (χ3v) is 6.44. The van der Waals surface area contributed by atoms with Crippen LogP contribution in [0, 0.1) is 5.82 Å². The second-order valence-corrected chi connectivity index (χ2v) is 8.88. The monoisotopic (exact) mass is 481 g/mol. The van der Waals surface area contributed by atoms with Crippen molar-refractivity contribution in [3.05, 3.63) is 82.8 Å². The zero-order chi connectivity index (χ0) is 23.0. The van der Waals surface area contributed by atoms with Gasteiger partial charge in [0, 0.05) is 22.7 Å². The van der Waals surface area contributed by atoms with Gasteiger partial charge < -0.3 is 5.32 Å². The summed E-state index contributed by atoms with van der Waals surface area (Å²) in [7, 11) is 0. The van der Waals surface area contributed by atoms with Gasteiger partial charge in [-0.25, -0.2) is 9.18 Å². The molecular formula is C23H20FN5O2S2.